The molecule has 0 radical (unpaired) electrons. The maximum atomic E-state index is 11.9. The summed E-state index contributed by atoms with van der Waals surface area (Å²) in [6.07, 6.45) is 0.657. The fraction of sp³-hybridized carbons (Fsp3) is 0.462. The van der Waals surface area contributed by atoms with Gasteiger partial charge in [-0.2, -0.15) is 0 Å². The van der Waals surface area contributed by atoms with Gasteiger partial charge < -0.3 is 10.1 Å². The summed E-state index contributed by atoms with van der Waals surface area (Å²) in [4.78, 5) is 11.9. The monoisotopic (exact) mass is 289 g/mol. The molecule has 0 saturated carbocycles. The van der Waals surface area contributed by atoms with Crippen molar-refractivity contribution < 1.29 is 9.53 Å². The van der Waals surface area contributed by atoms with E-state index in [1.807, 2.05) is 19.1 Å². The lowest BCUT2D eigenvalue weighted by atomic mass is 10.1. The van der Waals surface area contributed by atoms with Crippen LogP contribution in [0.2, 0.25) is 5.02 Å². The minimum atomic E-state index is -0.176. The summed E-state index contributed by atoms with van der Waals surface area (Å²) in [5, 5.41) is 3.19. The lowest BCUT2D eigenvalue weighted by Crippen LogP contribution is -2.27. The Morgan fingerprint density at radius 1 is 1.50 bits per heavy atom. The van der Waals surface area contributed by atoms with Crippen LogP contribution < -0.4 is 5.32 Å². The Morgan fingerprint density at radius 3 is 2.89 bits per heavy atom. The Hall–Kier alpha value is -0.770. The predicted molar refractivity (Wildman–Crippen MR) is 74.7 cm³/mol. The number of halogens is 2. The highest BCUT2D eigenvalue weighted by Crippen LogP contribution is 2.19. The molecule has 3 nitrogen and oxygen atoms in total. The molecule has 0 bridgehead atoms. The summed E-state index contributed by atoms with van der Waals surface area (Å²) >= 11 is 12.0. The standard InChI is InChI=1S/C13H17Cl2NO2/c1-9-4-3-5-11(12(9)15)13(17)16-7-6-10(14)8-18-2/h3-5,10H,6-8H2,1-2H3,(H,16,17). The normalized spacial score (nSPS) is 12.2. The molecule has 18 heavy (non-hydrogen) atoms. The average molecular weight is 290 g/mol. The largest absolute Gasteiger partial charge is 0.383 e. The fourth-order valence-corrected chi connectivity index (χ4v) is 1.97. The maximum absolute atomic E-state index is 11.9. The van der Waals surface area contributed by atoms with E-state index in [2.05, 4.69) is 5.32 Å². The van der Waals surface area contributed by atoms with Gasteiger partial charge in [-0.25, -0.2) is 0 Å². The fourth-order valence-electron chi connectivity index (χ4n) is 1.52. The van der Waals surface area contributed by atoms with Crippen molar-refractivity contribution in [1.29, 1.82) is 0 Å². The van der Waals surface area contributed by atoms with Crippen molar-refractivity contribution in [3.8, 4) is 0 Å². The second-order valence-corrected chi connectivity index (χ2v) is 5.03. The van der Waals surface area contributed by atoms with Crippen LogP contribution in [0.15, 0.2) is 18.2 Å². The second-order valence-electron chi connectivity index (χ2n) is 4.03. The van der Waals surface area contributed by atoms with Gasteiger partial charge >= 0.3 is 0 Å². The van der Waals surface area contributed by atoms with Crippen LogP contribution in [-0.4, -0.2) is 31.5 Å². The van der Waals surface area contributed by atoms with Crippen molar-refractivity contribution in [2.24, 2.45) is 0 Å². The van der Waals surface area contributed by atoms with E-state index in [-0.39, 0.29) is 11.3 Å². The number of ether oxygens (including phenoxy) is 1. The summed E-state index contributed by atoms with van der Waals surface area (Å²) in [6.45, 7) is 2.84. The first-order valence-corrected chi connectivity index (χ1v) is 6.54. The van der Waals surface area contributed by atoms with Crippen molar-refractivity contribution in [2.75, 3.05) is 20.3 Å². The van der Waals surface area contributed by atoms with Gasteiger partial charge in [0, 0.05) is 13.7 Å². The molecule has 0 fully saturated rings. The van der Waals surface area contributed by atoms with Crippen molar-refractivity contribution in [1.82, 2.24) is 5.32 Å². The third kappa shape index (κ3) is 4.48. The first-order chi connectivity index (χ1) is 8.56. The van der Waals surface area contributed by atoms with Crippen LogP contribution in [0.25, 0.3) is 0 Å². The molecule has 1 amide bonds. The minimum Gasteiger partial charge on any atom is -0.383 e. The van der Waals surface area contributed by atoms with Gasteiger partial charge in [0.25, 0.3) is 5.91 Å². The number of carbonyl (C=O) groups is 1. The Morgan fingerprint density at radius 2 is 2.22 bits per heavy atom. The first kappa shape index (κ1) is 15.3. The number of amides is 1. The molecule has 0 aliphatic heterocycles. The van der Waals surface area contributed by atoms with Crippen LogP contribution in [0.5, 0.6) is 0 Å². The van der Waals surface area contributed by atoms with E-state index in [1.54, 1.807) is 13.2 Å². The molecule has 1 atom stereocenters. The Kier molecular flexibility index (Phi) is 6.47. The predicted octanol–water partition coefficient (Wildman–Crippen LogP) is 3.02. The molecule has 1 N–H and O–H groups in total. The third-order valence-electron chi connectivity index (χ3n) is 2.53. The molecule has 100 valence electrons. The van der Waals surface area contributed by atoms with E-state index < -0.39 is 0 Å². The zero-order chi connectivity index (χ0) is 13.5. The van der Waals surface area contributed by atoms with Gasteiger partial charge in [-0.05, 0) is 25.0 Å². The van der Waals surface area contributed by atoms with Crippen molar-refractivity contribution in [2.45, 2.75) is 18.7 Å². The van der Waals surface area contributed by atoms with E-state index in [0.717, 1.165) is 5.56 Å². The Bertz CT molecular complexity index is 410. The number of methoxy groups -OCH3 is 1. The van der Waals surface area contributed by atoms with E-state index >= 15 is 0 Å². The molecule has 5 heteroatoms. The third-order valence-corrected chi connectivity index (χ3v) is 3.37. The highest BCUT2D eigenvalue weighted by atomic mass is 35.5. The van der Waals surface area contributed by atoms with Crippen LogP contribution in [-0.2, 0) is 4.74 Å². The van der Waals surface area contributed by atoms with E-state index in [4.69, 9.17) is 27.9 Å². The number of alkyl halides is 1. The maximum Gasteiger partial charge on any atom is 0.252 e. The number of carbonyl (C=O) groups excluding carboxylic acids is 1. The number of nitrogens with one attached hydrogen (secondary N) is 1. The molecule has 0 spiro atoms. The van der Waals surface area contributed by atoms with Crippen LogP contribution in [0.3, 0.4) is 0 Å². The van der Waals surface area contributed by atoms with Crippen LogP contribution >= 0.6 is 23.2 Å². The molecule has 0 aromatic heterocycles. The van der Waals surface area contributed by atoms with Crippen molar-refractivity contribution in [3.05, 3.63) is 34.3 Å². The number of aryl methyl sites for hydroxylation is 1. The van der Waals surface area contributed by atoms with Gasteiger partial charge in [-0.1, -0.05) is 23.7 Å². The van der Waals surface area contributed by atoms with Gasteiger partial charge in [-0.15, -0.1) is 11.6 Å². The van der Waals surface area contributed by atoms with Crippen molar-refractivity contribution >= 4 is 29.1 Å². The summed E-state index contributed by atoms with van der Waals surface area (Å²) in [6, 6.07) is 5.38. The van der Waals surface area contributed by atoms with Crippen LogP contribution in [0, 0.1) is 6.92 Å². The number of hydrogen-bond acceptors (Lipinski definition) is 2. The van der Waals surface area contributed by atoms with Gasteiger partial charge in [0.05, 0.1) is 22.6 Å². The van der Waals surface area contributed by atoms with E-state index in [9.17, 15) is 4.79 Å². The molecule has 0 aliphatic rings. The molecule has 0 aliphatic carbocycles. The topological polar surface area (TPSA) is 38.3 Å². The van der Waals surface area contributed by atoms with E-state index in [0.29, 0.717) is 30.2 Å². The zero-order valence-electron chi connectivity index (χ0n) is 10.5. The summed E-state index contributed by atoms with van der Waals surface area (Å²) in [5.41, 5.74) is 1.38. The Labute approximate surface area is 117 Å². The van der Waals surface area contributed by atoms with Gasteiger partial charge in [0.1, 0.15) is 0 Å². The van der Waals surface area contributed by atoms with E-state index in [1.165, 1.54) is 0 Å². The van der Waals surface area contributed by atoms with Gasteiger partial charge in [-0.3, -0.25) is 4.79 Å². The summed E-state index contributed by atoms with van der Waals surface area (Å²) in [7, 11) is 1.60. The lowest BCUT2D eigenvalue weighted by Gasteiger charge is -2.10. The molecule has 1 aromatic rings. The Balaban J connectivity index is 2.48. The minimum absolute atomic E-state index is 0.0942. The lowest BCUT2D eigenvalue weighted by molar-refractivity contribution is 0.0952. The summed E-state index contributed by atoms with van der Waals surface area (Å²) < 4.78 is 4.91. The molecule has 1 aromatic carbocycles. The molecular weight excluding hydrogens is 273 g/mol. The van der Waals surface area contributed by atoms with Crippen LogP contribution in [0.1, 0.15) is 22.3 Å². The second kappa shape index (κ2) is 7.62. The number of hydrogen-bond donors (Lipinski definition) is 1. The molecular formula is C13H17Cl2NO2. The van der Waals surface area contributed by atoms with Crippen molar-refractivity contribution in [3.63, 3.8) is 0 Å². The average Bonchev–Trinajstić information content (AvgIpc) is 2.33. The quantitative estimate of drug-likeness (QED) is 0.818. The van der Waals surface area contributed by atoms with Crippen LogP contribution in [0.4, 0.5) is 0 Å². The SMILES string of the molecule is COCC(Cl)CCNC(=O)c1cccc(C)c1Cl. The molecule has 1 rings (SSSR count). The summed E-state index contributed by atoms with van der Waals surface area (Å²) in [5.74, 6) is -0.176. The smallest absolute Gasteiger partial charge is 0.252 e. The highest BCUT2D eigenvalue weighted by molar-refractivity contribution is 6.34. The zero-order valence-corrected chi connectivity index (χ0v) is 12.0. The highest BCUT2D eigenvalue weighted by Gasteiger charge is 2.11. The number of rotatable bonds is 6. The van der Waals surface area contributed by atoms with Gasteiger partial charge in [0.2, 0.25) is 0 Å². The van der Waals surface area contributed by atoms with Gasteiger partial charge in [0.15, 0.2) is 0 Å². The number of benzene rings is 1. The molecule has 1 unspecified atom stereocenters. The molecule has 0 saturated heterocycles. The molecule has 0 heterocycles. The first-order valence-electron chi connectivity index (χ1n) is 5.72.